The fourth-order valence-electron chi connectivity index (χ4n) is 1.93. The summed E-state index contributed by atoms with van der Waals surface area (Å²) in [6.07, 6.45) is 0.450. The van der Waals surface area contributed by atoms with Crippen LogP contribution in [0.3, 0.4) is 0 Å². The minimum Gasteiger partial charge on any atom is -0.393 e. The highest BCUT2D eigenvalue weighted by atomic mass is 16.3. The van der Waals surface area contributed by atoms with Crippen LogP contribution in [0.5, 0.6) is 0 Å². The molecule has 1 rings (SSSR count). The molecule has 82 valence electrons. The number of nitrogens with zero attached hydrogens (tertiary/aromatic N) is 1. The molecule has 4 nitrogen and oxygen atoms in total. The molecule has 3 unspecified atom stereocenters. The number of amides is 1. The predicted molar refractivity (Wildman–Crippen MR) is 52.7 cm³/mol. The summed E-state index contributed by atoms with van der Waals surface area (Å²) in [5.41, 5.74) is 0. The van der Waals surface area contributed by atoms with Crippen molar-refractivity contribution in [1.29, 1.82) is 0 Å². The number of hydrogen-bond donors (Lipinski definition) is 2. The van der Waals surface area contributed by atoms with E-state index in [1.54, 1.807) is 18.7 Å². The molecule has 1 amide bonds. The summed E-state index contributed by atoms with van der Waals surface area (Å²) in [4.78, 5) is 13.4. The largest absolute Gasteiger partial charge is 0.393 e. The first kappa shape index (κ1) is 11.5. The molecular weight excluding hydrogens is 182 g/mol. The Balaban J connectivity index is 2.43. The van der Waals surface area contributed by atoms with Crippen LogP contribution in [0.4, 0.5) is 0 Å². The Morgan fingerprint density at radius 2 is 2.07 bits per heavy atom. The molecule has 0 aromatic heterocycles. The van der Waals surface area contributed by atoms with Crippen LogP contribution in [0.25, 0.3) is 0 Å². The zero-order valence-corrected chi connectivity index (χ0v) is 8.81. The molecule has 3 atom stereocenters. The highest BCUT2D eigenvalue weighted by molar-refractivity contribution is 5.80. The fourth-order valence-corrected chi connectivity index (χ4v) is 1.93. The lowest BCUT2D eigenvalue weighted by Crippen LogP contribution is -2.34. The number of likely N-dealkylation sites (tertiary alicyclic amines) is 1. The fraction of sp³-hybridized carbons (Fsp3) is 0.900. The van der Waals surface area contributed by atoms with Gasteiger partial charge in [-0.2, -0.15) is 0 Å². The quantitative estimate of drug-likeness (QED) is 0.672. The van der Waals surface area contributed by atoms with E-state index in [4.69, 9.17) is 5.11 Å². The summed E-state index contributed by atoms with van der Waals surface area (Å²) in [6.45, 7) is 4.50. The van der Waals surface area contributed by atoms with Gasteiger partial charge in [-0.1, -0.05) is 0 Å². The number of aliphatic hydroxyl groups excluding tert-OH is 2. The molecule has 4 heteroatoms. The summed E-state index contributed by atoms with van der Waals surface area (Å²) in [5.74, 6) is 0.0283. The maximum Gasteiger partial charge on any atom is 0.225 e. The molecule has 0 aromatic carbocycles. The lowest BCUT2D eigenvalue weighted by molar-refractivity contribution is -0.132. The van der Waals surface area contributed by atoms with Gasteiger partial charge in [-0.05, 0) is 26.7 Å². The molecule has 1 fully saturated rings. The molecular formula is C10H19NO3. The van der Waals surface area contributed by atoms with Crippen molar-refractivity contribution >= 4 is 5.91 Å². The van der Waals surface area contributed by atoms with Crippen LogP contribution in [0.1, 0.15) is 26.7 Å². The summed E-state index contributed by atoms with van der Waals surface area (Å²) < 4.78 is 0. The van der Waals surface area contributed by atoms with E-state index in [2.05, 4.69) is 0 Å². The van der Waals surface area contributed by atoms with Crippen molar-refractivity contribution in [2.45, 2.75) is 38.9 Å². The first-order chi connectivity index (χ1) is 6.50. The maximum absolute atomic E-state index is 11.7. The Morgan fingerprint density at radius 3 is 2.57 bits per heavy atom. The van der Waals surface area contributed by atoms with Gasteiger partial charge in [-0.25, -0.2) is 0 Å². The monoisotopic (exact) mass is 201 g/mol. The van der Waals surface area contributed by atoms with Crippen LogP contribution in [-0.2, 0) is 4.79 Å². The van der Waals surface area contributed by atoms with Gasteiger partial charge < -0.3 is 15.1 Å². The Kier molecular flexibility index (Phi) is 3.89. The average molecular weight is 201 g/mol. The van der Waals surface area contributed by atoms with E-state index in [-0.39, 0.29) is 11.8 Å². The van der Waals surface area contributed by atoms with Gasteiger partial charge in [0.2, 0.25) is 5.91 Å². The molecule has 0 spiro atoms. The van der Waals surface area contributed by atoms with Crippen molar-refractivity contribution in [3.05, 3.63) is 0 Å². The van der Waals surface area contributed by atoms with Gasteiger partial charge in [0.25, 0.3) is 0 Å². The van der Waals surface area contributed by atoms with Gasteiger partial charge in [-0.3, -0.25) is 4.79 Å². The van der Waals surface area contributed by atoms with E-state index in [9.17, 15) is 9.90 Å². The third-order valence-electron chi connectivity index (χ3n) is 2.52. The van der Waals surface area contributed by atoms with E-state index in [1.165, 1.54) is 0 Å². The maximum atomic E-state index is 11.7. The van der Waals surface area contributed by atoms with E-state index < -0.39 is 12.2 Å². The van der Waals surface area contributed by atoms with Crippen LogP contribution in [0, 0.1) is 5.92 Å². The zero-order valence-electron chi connectivity index (χ0n) is 8.81. The Bertz CT molecular complexity index is 184. The molecule has 0 saturated carbocycles. The van der Waals surface area contributed by atoms with Crippen LogP contribution in [0.15, 0.2) is 0 Å². The molecule has 0 bridgehead atoms. The van der Waals surface area contributed by atoms with E-state index in [0.29, 0.717) is 19.5 Å². The summed E-state index contributed by atoms with van der Waals surface area (Å²) in [5, 5.41) is 18.3. The highest BCUT2D eigenvalue weighted by Crippen LogP contribution is 2.22. The number of carbonyl (C=O) groups is 1. The minimum atomic E-state index is -0.468. The Labute approximate surface area is 84.5 Å². The molecule has 2 N–H and O–H groups in total. The van der Waals surface area contributed by atoms with Crippen LogP contribution < -0.4 is 0 Å². The van der Waals surface area contributed by atoms with Crippen LogP contribution in [0.2, 0.25) is 0 Å². The first-order valence-corrected chi connectivity index (χ1v) is 5.15. The second-order valence-corrected chi connectivity index (χ2v) is 4.20. The summed E-state index contributed by atoms with van der Waals surface area (Å²) in [6, 6.07) is 0. The number of β-amino-alcohol motifs (C(OH)–C–C–N with tert-alkyl or cyclic N) is 1. The molecule has 14 heavy (non-hydrogen) atoms. The molecule has 0 aliphatic carbocycles. The van der Waals surface area contributed by atoms with Crippen LogP contribution >= 0.6 is 0 Å². The zero-order chi connectivity index (χ0) is 10.7. The molecule has 1 aliphatic rings. The van der Waals surface area contributed by atoms with Crippen molar-refractivity contribution < 1.29 is 15.0 Å². The molecule has 0 radical (unpaired) electrons. The second-order valence-electron chi connectivity index (χ2n) is 4.20. The third-order valence-corrected chi connectivity index (χ3v) is 2.52. The predicted octanol–water partition coefficient (Wildman–Crippen LogP) is -0.0134. The SMILES string of the molecule is CC(O)CC1CCN(CC(C)O)C1=O. The first-order valence-electron chi connectivity index (χ1n) is 5.15. The lowest BCUT2D eigenvalue weighted by atomic mass is 10.0. The number of aliphatic hydroxyl groups is 2. The molecule has 1 aliphatic heterocycles. The van der Waals surface area contributed by atoms with Crippen molar-refractivity contribution in [1.82, 2.24) is 4.90 Å². The van der Waals surface area contributed by atoms with Crippen molar-refractivity contribution in [3.8, 4) is 0 Å². The minimum absolute atomic E-state index is 0.0475. The normalized spacial score (nSPS) is 26.7. The van der Waals surface area contributed by atoms with Gasteiger partial charge in [0.15, 0.2) is 0 Å². The van der Waals surface area contributed by atoms with Crippen molar-refractivity contribution in [3.63, 3.8) is 0 Å². The Morgan fingerprint density at radius 1 is 1.43 bits per heavy atom. The van der Waals surface area contributed by atoms with Gasteiger partial charge in [0.1, 0.15) is 0 Å². The average Bonchev–Trinajstić information content (AvgIpc) is 2.34. The second kappa shape index (κ2) is 4.75. The molecule has 0 aromatic rings. The topological polar surface area (TPSA) is 60.8 Å². The van der Waals surface area contributed by atoms with Gasteiger partial charge in [0, 0.05) is 19.0 Å². The molecule has 1 saturated heterocycles. The number of carbonyl (C=O) groups excluding carboxylic acids is 1. The van der Waals surface area contributed by atoms with Crippen molar-refractivity contribution in [2.75, 3.05) is 13.1 Å². The third kappa shape index (κ3) is 2.96. The van der Waals surface area contributed by atoms with Gasteiger partial charge in [-0.15, -0.1) is 0 Å². The van der Waals surface area contributed by atoms with E-state index in [1.807, 2.05) is 0 Å². The number of rotatable bonds is 4. The summed E-state index contributed by atoms with van der Waals surface area (Å²) in [7, 11) is 0. The van der Waals surface area contributed by atoms with E-state index >= 15 is 0 Å². The van der Waals surface area contributed by atoms with Crippen LogP contribution in [-0.4, -0.2) is 46.3 Å². The molecule has 1 heterocycles. The Hall–Kier alpha value is -0.610. The lowest BCUT2D eigenvalue weighted by Gasteiger charge is -2.18. The van der Waals surface area contributed by atoms with E-state index in [0.717, 1.165) is 6.42 Å². The summed E-state index contributed by atoms with van der Waals surface area (Å²) >= 11 is 0. The van der Waals surface area contributed by atoms with Crippen molar-refractivity contribution in [2.24, 2.45) is 5.92 Å². The highest BCUT2D eigenvalue weighted by Gasteiger charge is 2.32. The van der Waals surface area contributed by atoms with Gasteiger partial charge in [0.05, 0.1) is 12.2 Å². The number of hydrogen-bond acceptors (Lipinski definition) is 3. The smallest absolute Gasteiger partial charge is 0.225 e. The standard InChI is InChI=1S/C10H19NO3/c1-7(12)5-9-3-4-11(10(9)14)6-8(2)13/h7-9,12-13H,3-6H2,1-2H3. The van der Waals surface area contributed by atoms with Gasteiger partial charge >= 0.3 is 0 Å².